The van der Waals surface area contributed by atoms with Gasteiger partial charge in [-0.1, -0.05) is 74.6 Å². The van der Waals surface area contributed by atoms with Crippen molar-refractivity contribution in [2.45, 2.75) is 66.2 Å². The first kappa shape index (κ1) is 20.3. The molecule has 1 saturated carbocycles. The maximum Gasteiger partial charge on any atom is 0.0245 e. The lowest BCUT2D eigenvalue weighted by Crippen LogP contribution is -2.10. The third-order valence-corrected chi connectivity index (χ3v) is 5.21. The molecule has 0 heterocycles. The van der Waals surface area contributed by atoms with Crippen LogP contribution in [0.25, 0.3) is 0 Å². The highest BCUT2D eigenvalue weighted by Gasteiger charge is 2.15. The lowest BCUT2D eigenvalue weighted by Gasteiger charge is -2.21. The Morgan fingerprint density at radius 3 is 1.81 bits per heavy atom. The largest absolute Gasteiger partial charge is 0.0945 e. The summed E-state index contributed by atoms with van der Waals surface area (Å²) >= 11 is 0. The van der Waals surface area contributed by atoms with Crippen molar-refractivity contribution in [3.63, 3.8) is 0 Å². The highest BCUT2D eigenvalue weighted by atomic mass is 14.2. The summed E-state index contributed by atoms with van der Waals surface area (Å²) in [6, 6.07) is 17.7. The van der Waals surface area contributed by atoms with Crippen molar-refractivity contribution >= 4 is 0 Å². The van der Waals surface area contributed by atoms with Crippen LogP contribution in [0.2, 0.25) is 0 Å². The van der Waals surface area contributed by atoms with Gasteiger partial charge in [0.2, 0.25) is 0 Å². The lowest BCUT2D eigenvalue weighted by atomic mass is 9.83. The number of aryl methyl sites for hydroxylation is 3. The van der Waals surface area contributed by atoms with E-state index in [1.165, 1.54) is 42.4 Å². The summed E-state index contributed by atoms with van der Waals surface area (Å²) in [7, 11) is 0. The molecule has 0 aromatic heterocycles. The molecule has 0 bridgehead atoms. The van der Waals surface area contributed by atoms with Crippen LogP contribution < -0.4 is 0 Å². The highest BCUT2D eigenvalue weighted by molar-refractivity contribution is 5.37. The molecule has 0 atom stereocenters. The summed E-state index contributed by atoms with van der Waals surface area (Å²) in [5, 5.41) is 0. The highest BCUT2D eigenvalue weighted by Crippen LogP contribution is 2.27. The molecule has 0 nitrogen and oxygen atoms in total. The van der Waals surface area contributed by atoms with Crippen LogP contribution in [0, 0.1) is 30.6 Å². The zero-order chi connectivity index (χ0) is 18.8. The fourth-order valence-corrected chi connectivity index (χ4v) is 3.39. The summed E-state index contributed by atoms with van der Waals surface area (Å²) in [6.07, 6.45) is 7.45. The monoisotopic (exact) mass is 346 g/mol. The Kier molecular flexibility index (Phi) is 8.49. The number of benzene rings is 2. The fraction of sp³-hybridized carbons (Fsp3) is 0.462. The van der Waals surface area contributed by atoms with E-state index in [2.05, 4.69) is 74.2 Å². The molecular formula is C26H34. The summed E-state index contributed by atoms with van der Waals surface area (Å²) in [5.74, 6) is 8.39. The first-order valence-corrected chi connectivity index (χ1v) is 10.3. The molecule has 2 aromatic carbocycles. The molecule has 0 spiro atoms. The molecular weight excluding hydrogens is 312 g/mol. The van der Waals surface area contributed by atoms with E-state index in [1.807, 2.05) is 13.8 Å². The van der Waals surface area contributed by atoms with E-state index >= 15 is 0 Å². The normalized spacial score (nSPS) is 18.9. The maximum atomic E-state index is 3.49. The molecule has 1 fully saturated rings. The smallest absolute Gasteiger partial charge is 0.0245 e. The fourth-order valence-electron chi connectivity index (χ4n) is 3.39. The van der Waals surface area contributed by atoms with Crippen LogP contribution >= 0.6 is 0 Å². The standard InChI is InChI=1S/C24H28.C2H6/c1-19-3-7-21(8-4-19)11-13-23-15-17-24(18-16-23)14-12-22-9-5-20(2)6-10-22;1-2/h3-4,7-8,15-18,20,22H,5-6,9-11,13H2,1-2H3;1-2H3. The predicted molar refractivity (Wildman–Crippen MR) is 114 cm³/mol. The van der Waals surface area contributed by atoms with Gasteiger partial charge in [0.1, 0.15) is 0 Å². The van der Waals surface area contributed by atoms with E-state index < -0.39 is 0 Å². The van der Waals surface area contributed by atoms with Crippen LogP contribution in [0.1, 0.15) is 68.7 Å². The number of rotatable bonds is 3. The van der Waals surface area contributed by atoms with Gasteiger partial charge in [0, 0.05) is 11.5 Å². The van der Waals surface area contributed by atoms with Crippen LogP contribution in [-0.2, 0) is 12.8 Å². The molecule has 0 heteroatoms. The molecule has 3 rings (SSSR count). The average molecular weight is 347 g/mol. The van der Waals surface area contributed by atoms with E-state index in [1.54, 1.807) is 0 Å². The zero-order valence-electron chi connectivity index (χ0n) is 17.0. The molecule has 138 valence electrons. The third kappa shape index (κ3) is 6.72. The number of hydrogen-bond acceptors (Lipinski definition) is 0. The Morgan fingerprint density at radius 1 is 0.769 bits per heavy atom. The quantitative estimate of drug-likeness (QED) is 0.526. The van der Waals surface area contributed by atoms with Crippen molar-refractivity contribution in [3.05, 3.63) is 70.8 Å². The topological polar surface area (TPSA) is 0 Å². The van der Waals surface area contributed by atoms with Crippen LogP contribution in [-0.4, -0.2) is 0 Å². The van der Waals surface area contributed by atoms with E-state index in [9.17, 15) is 0 Å². The molecule has 0 saturated heterocycles. The minimum Gasteiger partial charge on any atom is -0.0945 e. The molecule has 0 radical (unpaired) electrons. The summed E-state index contributed by atoms with van der Waals surface area (Å²) in [4.78, 5) is 0. The van der Waals surface area contributed by atoms with E-state index in [-0.39, 0.29) is 0 Å². The van der Waals surface area contributed by atoms with Gasteiger partial charge in [-0.05, 0) is 74.6 Å². The first-order valence-electron chi connectivity index (χ1n) is 10.3. The molecule has 0 aliphatic heterocycles. The SMILES string of the molecule is CC.Cc1ccc(CCc2ccc(C#CC3CCC(C)CC3)cc2)cc1. The Bertz CT molecular complexity index is 686. The van der Waals surface area contributed by atoms with Crippen molar-refractivity contribution in [2.24, 2.45) is 11.8 Å². The second-order valence-corrected chi connectivity index (χ2v) is 7.41. The van der Waals surface area contributed by atoms with Crippen molar-refractivity contribution in [3.8, 4) is 11.8 Å². The summed E-state index contributed by atoms with van der Waals surface area (Å²) < 4.78 is 0. The molecule has 1 aliphatic carbocycles. The Labute approximate surface area is 161 Å². The van der Waals surface area contributed by atoms with E-state index in [0.717, 1.165) is 24.3 Å². The van der Waals surface area contributed by atoms with Crippen molar-refractivity contribution in [1.82, 2.24) is 0 Å². The number of hydrogen-bond donors (Lipinski definition) is 0. The maximum absolute atomic E-state index is 3.49. The van der Waals surface area contributed by atoms with Crippen molar-refractivity contribution in [2.75, 3.05) is 0 Å². The minimum absolute atomic E-state index is 0.613. The summed E-state index contributed by atoms with van der Waals surface area (Å²) in [6.45, 7) is 8.50. The van der Waals surface area contributed by atoms with E-state index in [0.29, 0.717) is 5.92 Å². The van der Waals surface area contributed by atoms with Gasteiger partial charge in [-0.25, -0.2) is 0 Å². The van der Waals surface area contributed by atoms with Crippen LogP contribution in [0.15, 0.2) is 48.5 Å². The van der Waals surface area contributed by atoms with Crippen LogP contribution in [0.5, 0.6) is 0 Å². The molecule has 0 N–H and O–H groups in total. The predicted octanol–water partition coefficient (Wildman–Crippen LogP) is 6.98. The van der Waals surface area contributed by atoms with Gasteiger partial charge in [-0.15, -0.1) is 0 Å². The molecule has 1 aliphatic rings. The zero-order valence-corrected chi connectivity index (χ0v) is 17.0. The van der Waals surface area contributed by atoms with Gasteiger partial charge < -0.3 is 0 Å². The van der Waals surface area contributed by atoms with Gasteiger partial charge in [-0.2, -0.15) is 0 Å². The second-order valence-electron chi connectivity index (χ2n) is 7.41. The van der Waals surface area contributed by atoms with Gasteiger partial charge in [-0.3, -0.25) is 0 Å². The Balaban J connectivity index is 0.00000117. The summed E-state index contributed by atoms with van der Waals surface area (Å²) in [5.41, 5.74) is 5.30. The molecule has 2 aromatic rings. The minimum atomic E-state index is 0.613. The Morgan fingerprint density at radius 2 is 1.27 bits per heavy atom. The van der Waals surface area contributed by atoms with E-state index in [4.69, 9.17) is 0 Å². The van der Waals surface area contributed by atoms with Crippen LogP contribution in [0.3, 0.4) is 0 Å². The Hall–Kier alpha value is -2.00. The van der Waals surface area contributed by atoms with Crippen molar-refractivity contribution < 1.29 is 0 Å². The average Bonchev–Trinajstić information content (AvgIpc) is 2.69. The first-order chi connectivity index (χ1) is 12.7. The van der Waals surface area contributed by atoms with Crippen molar-refractivity contribution in [1.29, 1.82) is 0 Å². The van der Waals surface area contributed by atoms with Gasteiger partial charge in [0.25, 0.3) is 0 Å². The molecule has 26 heavy (non-hydrogen) atoms. The van der Waals surface area contributed by atoms with Crippen LogP contribution in [0.4, 0.5) is 0 Å². The lowest BCUT2D eigenvalue weighted by molar-refractivity contribution is 0.337. The van der Waals surface area contributed by atoms with Gasteiger partial charge in [0.15, 0.2) is 0 Å². The van der Waals surface area contributed by atoms with Gasteiger partial charge in [0.05, 0.1) is 0 Å². The third-order valence-electron chi connectivity index (χ3n) is 5.21. The molecule has 0 amide bonds. The second kappa shape index (κ2) is 10.9. The van der Waals surface area contributed by atoms with Gasteiger partial charge >= 0.3 is 0 Å². The molecule has 0 unspecified atom stereocenters.